The second kappa shape index (κ2) is 6.08. The van der Waals surface area contributed by atoms with E-state index < -0.39 is 0 Å². The number of nitrogens with one attached hydrogen (secondary N) is 2. The molecule has 0 aromatic rings. The van der Waals surface area contributed by atoms with Crippen LogP contribution in [0.4, 0.5) is 0 Å². The maximum absolute atomic E-state index is 11.6. The maximum atomic E-state index is 11.6. The molecule has 1 amide bonds. The van der Waals surface area contributed by atoms with Gasteiger partial charge in [-0.15, -0.1) is 0 Å². The fourth-order valence-corrected chi connectivity index (χ4v) is 1.68. The van der Waals surface area contributed by atoms with Crippen molar-refractivity contribution in [1.29, 1.82) is 0 Å². The Bertz CT molecular complexity index is 206. The smallest absolute Gasteiger partial charge is 0.234 e. The van der Waals surface area contributed by atoms with Crippen molar-refractivity contribution in [3.63, 3.8) is 0 Å². The molecule has 0 aromatic heterocycles. The Balaban J connectivity index is 2.24. The molecular formula is C11H23N3O. The highest BCUT2D eigenvalue weighted by Crippen LogP contribution is 2.01. The number of carbonyl (C=O) groups is 1. The Kier molecular flexibility index (Phi) is 5.05. The quantitative estimate of drug-likeness (QED) is 0.694. The normalized spacial score (nSPS) is 23.1. The Morgan fingerprint density at radius 3 is 2.93 bits per heavy atom. The molecule has 4 nitrogen and oxygen atoms in total. The summed E-state index contributed by atoms with van der Waals surface area (Å²) in [6.45, 7) is 10.6. The van der Waals surface area contributed by atoms with E-state index in [1.54, 1.807) is 0 Å². The van der Waals surface area contributed by atoms with Crippen molar-refractivity contribution >= 4 is 5.91 Å². The third-order valence-electron chi connectivity index (χ3n) is 2.69. The van der Waals surface area contributed by atoms with Crippen LogP contribution in [-0.4, -0.2) is 49.6 Å². The first-order chi connectivity index (χ1) is 7.09. The van der Waals surface area contributed by atoms with E-state index in [1.165, 1.54) is 0 Å². The van der Waals surface area contributed by atoms with E-state index in [0.29, 0.717) is 18.5 Å². The largest absolute Gasteiger partial charge is 0.355 e. The van der Waals surface area contributed by atoms with Crippen molar-refractivity contribution in [2.45, 2.75) is 26.8 Å². The lowest BCUT2D eigenvalue weighted by atomic mass is 10.2. The molecule has 1 saturated heterocycles. The van der Waals surface area contributed by atoms with Gasteiger partial charge in [0, 0.05) is 32.2 Å². The topological polar surface area (TPSA) is 44.4 Å². The van der Waals surface area contributed by atoms with E-state index in [2.05, 4.69) is 36.3 Å². The summed E-state index contributed by atoms with van der Waals surface area (Å²) in [6.07, 6.45) is 0. The van der Waals surface area contributed by atoms with Crippen LogP contribution in [0.3, 0.4) is 0 Å². The van der Waals surface area contributed by atoms with Gasteiger partial charge in [-0.05, 0) is 12.8 Å². The van der Waals surface area contributed by atoms with Gasteiger partial charge in [0.2, 0.25) is 5.91 Å². The van der Waals surface area contributed by atoms with Crippen LogP contribution in [0.5, 0.6) is 0 Å². The second-order valence-corrected chi connectivity index (χ2v) is 4.72. The molecule has 88 valence electrons. The number of piperazine rings is 1. The SMILES string of the molecule is CC(C)CNC(=O)CN1CCNCC1C. The van der Waals surface area contributed by atoms with Crippen LogP contribution in [0.15, 0.2) is 0 Å². The number of amides is 1. The van der Waals surface area contributed by atoms with Crippen LogP contribution in [0, 0.1) is 5.92 Å². The highest BCUT2D eigenvalue weighted by molar-refractivity contribution is 5.78. The summed E-state index contributed by atoms with van der Waals surface area (Å²) in [5.41, 5.74) is 0. The van der Waals surface area contributed by atoms with Gasteiger partial charge in [0.25, 0.3) is 0 Å². The Morgan fingerprint density at radius 1 is 1.60 bits per heavy atom. The van der Waals surface area contributed by atoms with Crippen molar-refractivity contribution in [3.8, 4) is 0 Å². The minimum atomic E-state index is 0.150. The summed E-state index contributed by atoms with van der Waals surface area (Å²) in [7, 11) is 0. The number of hydrogen-bond acceptors (Lipinski definition) is 3. The molecule has 1 aliphatic rings. The van der Waals surface area contributed by atoms with E-state index in [4.69, 9.17) is 0 Å². The second-order valence-electron chi connectivity index (χ2n) is 4.72. The van der Waals surface area contributed by atoms with Gasteiger partial charge in [-0.25, -0.2) is 0 Å². The Hall–Kier alpha value is -0.610. The fourth-order valence-electron chi connectivity index (χ4n) is 1.68. The molecule has 1 heterocycles. The summed E-state index contributed by atoms with van der Waals surface area (Å²) in [6, 6.07) is 0.462. The number of nitrogens with zero attached hydrogens (tertiary/aromatic N) is 1. The lowest BCUT2D eigenvalue weighted by Gasteiger charge is -2.33. The summed E-state index contributed by atoms with van der Waals surface area (Å²) < 4.78 is 0. The average Bonchev–Trinajstić information content (AvgIpc) is 2.18. The van der Waals surface area contributed by atoms with Crippen LogP contribution >= 0.6 is 0 Å². The number of hydrogen-bond donors (Lipinski definition) is 2. The predicted octanol–water partition coefficient (Wildman–Crippen LogP) is 0.0523. The number of rotatable bonds is 4. The van der Waals surface area contributed by atoms with Gasteiger partial charge in [0.05, 0.1) is 6.54 Å². The molecule has 4 heteroatoms. The van der Waals surface area contributed by atoms with E-state index in [1.807, 2.05) is 0 Å². The first-order valence-electron chi connectivity index (χ1n) is 5.81. The van der Waals surface area contributed by atoms with E-state index >= 15 is 0 Å². The van der Waals surface area contributed by atoms with Gasteiger partial charge < -0.3 is 10.6 Å². The highest BCUT2D eigenvalue weighted by atomic mass is 16.2. The Morgan fingerprint density at radius 2 is 2.33 bits per heavy atom. The van der Waals surface area contributed by atoms with Crippen LogP contribution < -0.4 is 10.6 Å². The molecule has 0 aromatic carbocycles. The minimum absolute atomic E-state index is 0.150. The van der Waals surface area contributed by atoms with Crippen LogP contribution in [0.25, 0.3) is 0 Å². The molecule has 1 fully saturated rings. The average molecular weight is 213 g/mol. The Labute approximate surface area is 92.4 Å². The molecule has 15 heavy (non-hydrogen) atoms. The van der Waals surface area contributed by atoms with Crippen molar-refractivity contribution in [2.75, 3.05) is 32.7 Å². The van der Waals surface area contributed by atoms with Crippen molar-refractivity contribution < 1.29 is 4.79 Å². The summed E-state index contributed by atoms with van der Waals surface area (Å²) in [5, 5.41) is 6.26. The zero-order chi connectivity index (χ0) is 11.3. The molecule has 1 rings (SSSR count). The standard InChI is InChI=1S/C11H23N3O/c1-9(2)6-13-11(15)8-14-5-4-12-7-10(14)3/h9-10,12H,4-8H2,1-3H3,(H,13,15). The molecule has 0 spiro atoms. The van der Waals surface area contributed by atoms with Gasteiger partial charge in [0.15, 0.2) is 0 Å². The third-order valence-corrected chi connectivity index (χ3v) is 2.69. The van der Waals surface area contributed by atoms with E-state index in [0.717, 1.165) is 26.2 Å². The van der Waals surface area contributed by atoms with Crippen LogP contribution in [0.2, 0.25) is 0 Å². The predicted molar refractivity (Wildman–Crippen MR) is 61.8 cm³/mol. The minimum Gasteiger partial charge on any atom is -0.355 e. The van der Waals surface area contributed by atoms with Crippen LogP contribution in [-0.2, 0) is 4.79 Å². The molecule has 1 aliphatic heterocycles. The first-order valence-corrected chi connectivity index (χ1v) is 5.81. The monoisotopic (exact) mass is 213 g/mol. The van der Waals surface area contributed by atoms with Crippen molar-refractivity contribution in [1.82, 2.24) is 15.5 Å². The zero-order valence-corrected chi connectivity index (χ0v) is 10.0. The summed E-state index contributed by atoms with van der Waals surface area (Å²) in [4.78, 5) is 13.8. The van der Waals surface area contributed by atoms with E-state index in [-0.39, 0.29) is 5.91 Å². The molecular weight excluding hydrogens is 190 g/mol. The van der Waals surface area contributed by atoms with Gasteiger partial charge in [0.1, 0.15) is 0 Å². The maximum Gasteiger partial charge on any atom is 0.234 e. The molecule has 0 saturated carbocycles. The van der Waals surface area contributed by atoms with Gasteiger partial charge in [-0.3, -0.25) is 9.69 Å². The molecule has 0 aliphatic carbocycles. The summed E-state index contributed by atoms with van der Waals surface area (Å²) in [5.74, 6) is 0.673. The van der Waals surface area contributed by atoms with Gasteiger partial charge in [-0.1, -0.05) is 13.8 Å². The first kappa shape index (κ1) is 12.5. The molecule has 0 radical (unpaired) electrons. The highest BCUT2D eigenvalue weighted by Gasteiger charge is 2.19. The molecule has 1 unspecified atom stereocenters. The van der Waals surface area contributed by atoms with E-state index in [9.17, 15) is 4.79 Å². The van der Waals surface area contributed by atoms with Crippen molar-refractivity contribution in [3.05, 3.63) is 0 Å². The van der Waals surface area contributed by atoms with Gasteiger partial charge >= 0.3 is 0 Å². The molecule has 2 N–H and O–H groups in total. The van der Waals surface area contributed by atoms with Gasteiger partial charge in [-0.2, -0.15) is 0 Å². The lowest BCUT2D eigenvalue weighted by molar-refractivity contribution is -0.123. The fraction of sp³-hybridized carbons (Fsp3) is 0.909. The van der Waals surface area contributed by atoms with Crippen molar-refractivity contribution in [2.24, 2.45) is 5.92 Å². The molecule has 1 atom stereocenters. The lowest BCUT2D eigenvalue weighted by Crippen LogP contribution is -2.52. The molecule has 0 bridgehead atoms. The third kappa shape index (κ3) is 4.62. The van der Waals surface area contributed by atoms with Crippen LogP contribution in [0.1, 0.15) is 20.8 Å². The summed E-state index contributed by atoms with van der Waals surface area (Å²) >= 11 is 0. The number of carbonyl (C=O) groups excluding carboxylic acids is 1. The zero-order valence-electron chi connectivity index (χ0n) is 10.0.